The first-order chi connectivity index (χ1) is 13.6. The second kappa shape index (κ2) is 7.60. The Labute approximate surface area is 161 Å². The molecule has 0 saturated carbocycles. The van der Waals surface area contributed by atoms with Crippen LogP contribution in [-0.4, -0.2) is 12.6 Å². The molecule has 28 heavy (non-hydrogen) atoms. The summed E-state index contributed by atoms with van der Waals surface area (Å²) in [6, 6.07) is 14.5. The van der Waals surface area contributed by atoms with Crippen LogP contribution in [0.1, 0.15) is 16.9 Å². The topological polar surface area (TPSA) is 63.5 Å². The van der Waals surface area contributed by atoms with Gasteiger partial charge in [-0.3, -0.25) is 0 Å². The first-order valence-corrected chi connectivity index (χ1v) is 8.91. The molecule has 0 atom stereocenters. The first-order valence-electron chi connectivity index (χ1n) is 8.91. The Balaban J connectivity index is 1.52. The normalized spacial score (nSPS) is 14.8. The van der Waals surface area contributed by atoms with Crippen LogP contribution in [0, 0.1) is 12.7 Å². The van der Waals surface area contributed by atoms with E-state index in [0.29, 0.717) is 30.1 Å². The molecule has 1 aliphatic rings. The third-order valence-corrected chi connectivity index (χ3v) is 4.51. The maximum absolute atomic E-state index is 14.7. The van der Waals surface area contributed by atoms with Crippen LogP contribution in [0.5, 0.6) is 0 Å². The highest BCUT2D eigenvalue weighted by molar-refractivity contribution is 5.75. The number of furan rings is 1. The first kappa shape index (κ1) is 17.9. The number of amides is 1. The van der Waals surface area contributed by atoms with Crippen LogP contribution in [0.3, 0.4) is 0 Å². The van der Waals surface area contributed by atoms with Gasteiger partial charge in [-0.25, -0.2) is 9.18 Å². The third kappa shape index (κ3) is 3.91. The van der Waals surface area contributed by atoms with Crippen molar-refractivity contribution in [2.24, 2.45) is 0 Å². The van der Waals surface area contributed by atoms with Gasteiger partial charge in [0.25, 0.3) is 0 Å². The average Bonchev–Trinajstić information content (AvgIpc) is 3.33. The van der Waals surface area contributed by atoms with Crippen LogP contribution >= 0.6 is 0 Å². The lowest BCUT2D eigenvalue weighted by Crippen LogP contribution is -2.11. The zero-order valence-corrected chi connectivity index (χ0v) is 15.3. The number of hydrogen-bond acceptors (Lipinski definition) is 4. The van der Waals surface area contributed by atoms with E-state index in [9.17, 15) is 9.18 Å². The van der Waals surface area contributed by atoms with E-state index in [1.165, 1.54) is 6.07 Å². The molecule has 1 amide bonds. The number of cyclic esters (lactones) is 1. The van der Waals surface area contributed by atoms with Gasteiger partial charge in [0.15, 0.2) is 0 Å². The average molecular weight is 378 g/mol. The number of alkyl carbamates (subject to hydrolysis) is 1. The molecule has 1 aromatic heterocycles. The standard InChI is InChI=1S/C22H19FN2O3/c1-14-9-15(10-18-13-25-22(26)28-18)4-6-19(14)20-7-5-16(11-21(20)23)24-12-17-3-2-8-27-17/h2-11,24H,12-13H2,1H3,(H,25,26)/b18-10-. The maximum atomic E-state index is 14.7. The van der Waals surface area contributed by atoms with Crippen LogP contribution in [0.4, 0.5) is 14.9 Å². The van der Waals surface area contributed by atoms with Gasteiger partial charge in [0.2, 0.25) is 0 Å². The van der Waals surface area contributed by atoms with E-state index >= 15 is 0 Å². The molecule has 1 fully saturated rings. The van der Waals surface area contributed by atoms with E-state index in [1.54, 1.807) is 18.4 Å². The number of nitrogens with one attached hydrogen (secondary N) is 2. The van der Waals surface area contributed by atoms with E-state index in [0.717, 1.165) is 22.5 Å². The van der Waals surface area contributed by atoms with Crippen molar-refractivity contribution in [1.82, 2.24) is 5.32 Å². The van der Waals surface area contributed by atoms with Crippen molar-refractivity contribution in [3.05, 3.63) is 83.3 Å². The van der Waals surface area contributed by atoms with E-state index in [4.69, 9.17) is 9.15 Å². The Kier molecular flexibility index (Phi) is 4.85. The molecule has 6 heteroatoms. The number of carbonyl (C=O) groups excluding carboxylic acids is 1. The fourth-order valence-corrected chi connectivity index (χ4v) is 3.14. The quantitative estimate of drug-likeness (QED) is 0.649. The minimum absolute atomic E-state index is 0.299. The molecule has 0 unspecified atom stereocenters. The molecule has 0 bridgehead atoms. The molecule has 4 rings (SSSR count). The van der Waals surface area contributed by atoms with Gasteiger partial charge in [-0.2, -0.15) is 0 Å². The Morgan fingerprint density at radius 2 is 2.04 bits per heavy atom. The summed E-state index contributed by atoms with van der Waals surface area (Å²) in [5.41, 5.74) is 3.87. The number of ether oxygens (including phenoxy) is 1. The minimum Gasteiger partial charge on any atom is -0.467 e. The molecule has 2 heterocycles. The Morgan fingerprint density at radius 3 is 2.71 bits per heavy atom. The zero-order valence-electron chi connectivity index (χ0n) is 15.3. The fourth-order valence-electron chi connectivity index (χ4n) is 3.14. The Hall–Kier alpha value is -3.54. The number of hydrogen-bond donors (Lipinski definition) is 2. The van der Waals surface area contributed by atoms with E-state index in [1.807, 2.05) is 43.3 Å². The van der Waals surface area contributed by atoms with Gasteiger partial charge in [-0.15, -0.1) is 0 Å². The smallest absolute Gasteiger partial charge is 0.412 e. The monoisotopic (exact) mass is 378 g/mol. The van der Waals surface area contributed by atoms with Gasteiger partial charge < -0.3 is 19.8 Å². The third-order valence-electron chi connectivity index (χ3n) is 4.51. The molecular formula is C22H19FN2O3. The predicted molar refractivity (Wildman–Crippen MR) is 105 cm³/mol. The number of halogens is 1. The van der Waals surface area contributed by atoms with Crippen LogP contribution in [0.2, 0.25) is 0 Å². The maximum Gasteiger partial charge on any atom is 0.412 e. The minimum atomic E-state index is -0.442. The molecule has 142 valence electrons. The Morgan fingerprint density at radius 1 is 1.18 bits per heavy atom. The largest absolute Gasteiger partial charge is 0.467 e. The highest BCUT2D eigenvalue weighted by atomic mass is 19.1. The zero-order chi connectivity index (χ0) is 19.5. The van der Waals surface area contributed by atoms with Crippen LogP contribution in [0.15, 0.2) is 65.0 Å². The second-order valence-corrected chi connectivity index (χ2v) is 6.56. The molecule has 0 aliphatic carbocycles. The van der Waals surface area contributed by atoms with E-state index in [2.05, 4.69) is 10.6 Å². The van der Waals surface area contributed by atoms with E-state index < -0.39 is 6.09 Å². The number of benzene rings is 2. The van der Waals surface area contributed by atoms with Crippen molar-refractivity contribution in [3.63, 3.8) is 0 Å². The summed E-state index contributed by atoms with van der Waals surface area (Å²) in [5.74, 6) is 1.05. The summed E-state index contributed by atoms with van der Waals surface area (Å²) in [4.78, 5) is 11.1. The summed E-state index contributed by atoms with van der Waals surface area (Å²) >= 11 is 0. The van der Waals surface area contributed by atoms with Crippen molar-refractivity contribution in [1.29, 1.82) is 0 Å². The molecule has 1 saturated heterocycles. The van der Waals surface area contributed by atoms with Gasteiger partial charge in [-0.1, -0.05) is 18.2 Å². The van der Waals surface area contributed by atoms with Crippen molar-refractivity contribution in [3.8, 4) is 11.1 Å². The summed E-state index contributed by atoms with van der Waals surface area (Å²) in [7, 11) is 0. The molecule has 5 nitrogen and oxygen atoms in total. The number of anilines is 1. The number of aryl methyl sites for hydroxylation is 1. The lowest BCUT2D eigenvalue weighted by molar-refractivity contribution is 0.195. The van der Waals surface area contributed by atoms with Crippen LogP contribution < -0.4 is 10.6 Å². The second-order valence-electron chi connectivity index (χ2n) is 6.56. The molecule has 1 aliphatic heterocycles. The molecule has 2 N–H and O–H groups in total. The van der Waals surface area contributed by atoms with Crippen molar-refractivity contribution in [2.45, 2.75) is 13.5 Å². The Bertz CT molecular complexity index is 1040. The summed E-state index contributed by atoms with van der Waals surface area (Å²) in [5, 5.41) is 5.73. The van der Waals surface area contributed by atoms with Gasteiger partial charge in [0.05, 0.1) is 19.4 Å². The molecule has 0 spiro atoms. The lowest BCUT2D eigenvalue weighted by atomic mass is 9.97. The highest BCUT2D eigenvalue weighted by Gasteiger charge is 2.16. The van der Waals surface area contributed by atoms with E-state index in [-0.39, 0.29) is 5.82 Å². The molecule has 0 radical (unpaired) electrons. The van der Waals surface area contributed by atoms with Gasteiger partial charge in [0.1, 0.15) is 17.3 Å². The summed E-state index contributed by atoms with van der Waals surface area (Å²) < 4.78 is 25.0. The predicted octanol–water partition coefficient (Wildman–Crippen LogP) is 5.09. The fraction of sp³-hybridized carbons (Fsp3) is 0.136. The number of rotatable bonds is 5. The van der Waals surface area contributed by atoms with Crippen LogP contribution in [-0.2, 0) is 11.3 Å². The van der Waals surface area contributed by atoms with Crippen LogP contribution in [0.25, 0.3) is 17.2 Å². The van der Waals surface area contributed by atoms with Gasteiger partial charge in [0, 0.05) is 11.3 Å². The number of carbonyl (C=O) groups is 1. The molecule has 2 aromatic carbocycles. The summed E-state index contributed by atoms with van der Waals surface area (Å²) in [6.07, 6.45) is 2.96. The molecule has 3 aromatic rings. The molecular weight excluding hydrogens is 359 g/mol. The highest BCUT2D eigenvalue weighted by Crippen LogP contribution is 2.29. The lowest BCUT2D eigenvalue weighted by Gasteiger charge is -2.11. The van der Waals surface area contributed by atoms with Crippen molar-refractivity contribution < 1.29 is 18.3 Å². The summed E-state index contributed by atoms with van der Waals surface area (Å²) in [6.45, 7) is 2.80. The van der Waals surface area contributed by atoms with Gasteiger partial charge >= 0.3 is 6.09 Å². The van der Waals surface area contributed by atoms with Gasteiger partial charge in [-0.05, 0) is 60.0 Å². The van der Waals surface area contributed by atoms with Crippen molar-refractivity contribution >= 4 is 17.9 Å². The van der Waals surface area contributed by atoms with Crippen molar-refractivity contribution in [2.75, 3.05) is 11.9 Å². The SMILES string of the molecule is Cc1cc(/C=C2/CNC(=O)O2)ccc1-c1ccc(NCc2ccco2)cc1F.